The van der Waals surface area contributed by atoms with Crippen molar-refractivity contribution in [1.82, 2.24) is 19.6 Å². The predicted molar refractivity (Wildman–Crippen MR) is 87.0 cm³/mol. The molecular formula is C17H22N4O2. The summed E-state index contributed by atoms with van der Waals surface area (Å²) in [5.41, 5.74) is 1.56. The van der Waals surface area contributed by atoms with Crippen LogP contribution in [0.3, 0.4) is 0 Å². The second-order valence-corrected chi connectivity index (χ2v) is 5.92. The maximum Gasteiger partial charge on any atom is 0.257 e. The Balaban J connectivity index is 1.51. The van der Waals surface area contributed by atoms with E-state index in [0.29, 0.717) is 25.2 Å². The Kier molecular flexibility index (Phi) is 4.73. The van der Waals surface area contributed by atoms with E-state index in [2.05, 4.69) is 10.00 Å². The first-order valence-corrected chi connectivity index (χ1v) is 7.87. The molecule has 1 saturated heterocycles. The van der Waals surface area contributed by atoms with E-state index in [1.165, 1.54) is 0 Å². The third kappa shape index (κ3) is 3.78. The van der Waals surface area contributed by atoms with Gasteiger partial charge >= 0.3 is 0 Å². The average molecular weight is 314 g/mol. The molecule has 6 heteroatoms. The molecule has 1 aromatic carbocycles. The third-order valence-corrected chi connectivity index (χ3v) is 4.23. The summed E-state index contributed by atoms with van der Waals surface area (Å²) in [6.07, 6.45) is 2.86. The predicted octanol–water partition coefficient (Wildman–Crippen LogP) is 0.911. The normalized spacial score (nSPS) is 17.2. The number of aliphatic hydroxyl groups is 1. The van der Waals surface area contributed by atoms with E-state index in [0.717, 1.165) is 18.7 Å². The van der Waals surface area contributed by atoms with Crippen molar-refractivity contribution in [3.63, 3.8) is 0 Å². The Hall–Kier alpha value is -2.18. The summed E-state index contributed by atoms with van der Waals surface area (Å²) in [6, 6.07) is 9.69. The van der Waals surface area contributed by atoms with Gasteiger partial charge in [0, 0.05) is 46.0 Å². The zero-order chi connectivity index (χ0) is 16.2. The molecule has 2 heterocycles. The van der Waals surface area contributed by atoms with E-state index in [1.807, 2.05) is 35.2 Å². The number of β-amino-alcohol motifs (C(OH)–C–C–N with tert-alkyl or cyclic N) is 1. The number of hydrogen-bond acceptors (Lipinski definition) is 4. The Labute approximate surface area is 135 Å². The minimum atomic E-state index is -0.489. The van der Waals surface area contributed by atoms with E-state index < -0.39 is 6.10 Å². The molecule has 1 N–H and O–H groups in total. The molecule has 1 aliphatic heterocycles. The van der Waals surface area contributed by atoms with Gasteiger partial charge in [0.1, 0.15) is 0 Å². The standard InChI is InChI=1S/C17H22N4O2/c1-19-12-15(11-18-19)17(23)21-9-7-20(8-10-21)13-16(22)14-5-3-2-4-6-14/h2-6,11-12,16,22H,7-10,13H2,1H3/t16-/m1/s1. The van der Waals surface area contributed by atoms with Crippen molar-refractivity contribution >= 4 is 5.91 Å². The van der Waals surface area contributed by atoms with Crippen LogP contribution in [0.25, 0.3) is 0 Å². The molecule has 6 nitrogen and oxygen atoms in total. The van der Waals surface area contributed by atoms with Crippen LogP contribution < -0.4 is 0 Å². The molecule has 122 valence electrons. The lowest BCUT2D eigenvalue weighted by molar-refractivity contribution is 0.0527. The van der Waals surface area contributed by atoms with Crippen molar-refractivity contribution in [2.75, 3.05) is 32.7 Å². The topological polar surface area (TPSA) is 61.6 Å². The van der Waals surface area contributed by atoms with E-state index in [4.69, 9.17) is 0 Å². The number of nitrogens with zero attached hydrogens (tertiary/aromatic N) is 4. The fourth-order valence-electron chi connectivity index (χ4n) is 2.87. The average Bonchev–Trinajstić information content (AvgIpc) is 3.02. The van der Waals surface area contributed by atoms with Gasteiger partial charge in [0.25, 0.3) is 5.91 Å². The molecule has 1 aliphatic rings. The fraction of sp³-hybridized carbons (Fsp3) is 0.412. The van der Waals surface area contributed by atoms with Crippen molar-refractivity contribution in [3.8, 4) is 0 Å². The SMILES string of the molecule is Cn1cc(C(=O)N2CCN(C[C@@H](O)c3ccccc3)CC2)cn1. The summed E-state index contributed by atoms with van der Waals surface area (Å²) in [4.78, 5) is 16.4. The number of aliphatic hydroxyl groups excluding tert-OH is 1. The highest BCUT2D eigenvalue weighted by Crippen LogP contribution is 2.15. The molecular weight excluding hydrogens is 292 g/mol. The van der Waals surface area contributed by atoms with E-state index in [9.17, 15) is 9.90 Å². The molecule has 1 amide bonds. The van der Waals surface area contributed by atoms with Gasteiger partial charge in [0.05, 0.1) is 17.9 Å². The summed E-state index contributed by atoms with van der Waals surface area (Å²) in [6.45, 7) is 3.50. The van der Waals surface area contributed by atoms with Gasteiger partial charge in [-0.1, -0.05) is 30.3 Å². The second kappa shape index (κ2) is 6.93. The number of piperazine rings is 1. The highest BCUT2D eigenvalue weighted by Gasteiger charge is 2.24. The number of amides is 1. The molecule has 3 rings (SSSR count). The number of benzene rings is 1. The molecule has 0 aliphatic carbocycles. The molecule has 0 bridgehead atoms. The van der Waals surface area contributed by atoms with Crippen molar-refractivity contribution in [2.24, 2.45) is 7.05 Å². The molecule has 0 saturated carbocycles. The lowest BCUT2D eigenvalue weighted by Gasteiger charge is -2.35. The van der Waals surface area contributed by atoms with Gasteiger partial charge in [-0.05, 0) is 5.56 Å². The second-order valence-electron chi connectivity index (χ2n) is 5.92. The van der Waals surface area contributed by atoms with Crippen molar-refractivity contribution in [1.29, 1.82) is 0 Å². The molecule has 1 aromatic heterocycles. The van der Waals surface area contributed by atoms with Crippen LogP contribution in [0.4, 0.5) is 0 Å². The van der Waals surface area contributed by atoms with Crippen molar-refractivity contribution in [3.05, 3.63) is 53.9 Å². The van der Waals surface area contributed by atoms with E-state index in [-0.39, 0.29) is 5.91 Å². The summed E-state index contributed by atoms with van der Waals surface area (Å²) in [5.74, 6) is 0.0290. The van der Waals surface area contributed by atoms with Gasteiger partial charge in [0.15, 0.2) is 0 Å². The molecule has 23 heavy (non-hydrogen) atoms. The maximum atomic E-state index is 12.4. The van der Waals surface area contributed by atoms with Crippen LogP contribution in [-0.2, 0) is 7.05 Å². The molecule has 1 atom stereocenters. The Morgan fingerprint density at radius 1 is 1.22 bits per heavy atom. The van der Waals surface area contributed by atoms with Crippen molar-refractivity contribution in [2.45, 2.75) is 6.10 Å². The summed E-state index contributed by atoms with van der Waals surface area (Å²) in [7, 11) is 1.81. The largest absolute Gasteiger partial charge is 0.387 e. The molecule has 0 spiro atoms. The summed E-state index contributed by atoms with van der Waals surface area (Å²) >= 11 is 0. The maximum absolute atomic E-state index is 12.4. The smallest absolute Gasteiger partial charge is 0.257 e. The van der Waals surface area contributed by atoms with E-state index in [1.54, 1.807) is 24.1 Å². The van der Waals surface area contributed by atoms with Crippen LogP contribution >= 0.6 is 0 Å². The van der Waals surface area contributed by atoms with Gasteiger partial charge in [0.2, 0.25) is 0 Å². The van der Waals surface area contributed by atoms with Gasteiger partial charge in [-0.15, -0.1) is 0 Å². The van der Waals surface area contributed by atoms with Gasteiger partial charge in [-0.25, -0.2) is 0 Å². The Bertz CT molecular complexity index is 648. The van der Waals surface area contributed by atoms with Crippen LogP contribution in [0, 0.1) is 0 Å². The minimum absolute atomic E-state index is 0.0290. The van der Waals surface area contributed by atoms with Gasteiger partial charge in [-0.2, -0.15) is 5.10 Å². The van der Waals surface area contributed by atoms with E-state index >= 15 is 0 Å². The first-order valence-electron chi connectivity index (χ1n) is 7.87. The molecule has 2 aromatic rings. The number of aryl methyl sites for hydroxylation is 1. The van der Waals surface area contributed by atoms with Crippen LogP contribution in [0.5, 0.6) is 0 Å². The van der Waals surface area contributed by atoms with Crippen LogP contribution in [0.1, 0.15) is 22.0 Å². The Morgan fingerprint density at radius 3 is 2.52 bits per heavy atom. The van der Waals surface area contributed by atoms with Crippen molar-refractivity contribution < 1.29 is 9.90 Å². The quantitative estimate of drug-likeness (QED) is 0.911. The first kappa shape index (κ1) is 15.7. The Morgan fingerprint density at radius 2 is 1.91 bits per heavy atom. The number of carbonyl (C=O) groups is 1. The fourth-order valence-corrected chi connectivity index (χ4v) is 2.87. The minimum Gasteiger partial charge on any atom is -0.387 e. The number of aromatic nitrogens is 2. The van der Waals surface area contributed by atoms with Gasteiger partial charge < -0.3 is 10.0 Å². The summed E-state index contributed by atoms with van der Waals surface area (Å²) < 4.78 is 1.64. The molecule has 1 fully saturated rings. The third-order valence-electron chi connectivity index (χ3n) is 4.23. The van der Waals surface area contributed by atoms with Crippen LogP contribution in [-0.4, -0.2) is 63.3 Å². The zero-order valence-electron chi connectivity index (χ0n) is 13.3. The molecule has 0 radical (unpaired) electrons. The lowest BCUT2D eigenvalue weighted by Crippen LogP contribution is -2.49. The molecule has 0 unspecified atom stereocenters. The zero-order valence-corrected chi connectivity index (χ0v) is 13.3. The highest BCUT2D eigenvalue weighted by molar-refractivity contribution is 5.93. The number of hydrogen-bond donors (Lipinski definition) is 1. The lowest BCUT2D eigenvalue weighted by atomic mass is 10.1. The van der Waals surface area contributed by atoms with Gasteiger partial charge in [-0.3, -0.25) is 14.4 Å². The monoisotopic (exact) mass is 314 g/mol. The highest BCUT2D eigenvalue weighted by atomic mass is 16.3. The number of rotatable bonds is 4. The van der Waals surface area contributed by atoms with Crippen LogP contribution in [0.2, 0.25) is 0 Å². The van der Waals surface area contributed by atoms with Crippen LogP contribution in [0.15, 0.2) is 42.7 Å². The first-order chi connectivity index (χ1) is 11.1. The summed E-state index contributed by atoms with van der Waals surface area (Å²) in [5, 5.41) is 14.3. The number of carbonyl (C=O) groups excluding carboxylic acids is 1.